The Bertz CT molecular complexity index is 1840. The number of rotatable bonds is 5. The zero-order chi connectivity index (χ0) is 29.3. The van der Waals surface area contributed by atoms with Crippen molar-refractivity contribution in [3.63, 3.8) is 0 Å². The summed E-state index contributed by atoms with van der Waals surface area (Å²) in [5.74, 6) is 0.512. The Balaban J connectivity index is 0.00000212. The third-order valence-electron chi connectivity index (χ3n) is 10.3. The molecular formula is C39H46Cl2SiZr. The van der Waals surface area contributed by atoms with Gasteiger partial charge in [0.15, 0.2) is 0 Å². The Kier molecular flexibility index (Phi) is 9.54. The van der Waals surface area contributed by atoms with Gasteiger partial charge in [0.1, 0.15) is 0 Å². The molecule has 224 valence electrons. The summed E-state index contributed by atoms with van der Waals surface area (Å²) in [5, 5.41) is 0. The molecule has 0 N–H and O–H groups in total. The summed E-state index contributed by atoms with van der Waals surface area (Å²) in [5.41, 5.74) is 19.0. The van der Waals surface area contributed by atoms with Crippen LogP contribution in [0.3, 0.4) is 0 Å². The number of benzene rings is 4. The average molecular weight is 705 g/mol. The monoisotopic (exact) mass is 702 g/mol. The van der Waals surface area contributed by atoms with Gasteiger partial charge in [-0.3, -0.25) is 0 Å². The van der Waals surface area contributed by atoms with Crippen LogP contribution in [-0.4, -0.2) is 6.88 Å². The van der Waals surface area contributed by atoms with Gasteiger partial charge >= 0.3 is 252 Å². The van der Waals surface area contributed by atoms with Crippen molar-refractivity contribution in [2.24, 2.45) is 5.92 Å². The van der Waals surface area contributed by atoms with Gasteiger partial charge in [0.05, 0.1) is 0 Å². The zero-order valence-corrected chi connectivity index (χ0v) is 32.4. The predicted molar refractivity (Wildman–Crippen MR) is 195 cm³/mol. The maximum absolute atomic E-state index is 3.65. The first-order valence-corrected chi connectivity index (χ1v) is 28.9. The quantitative estimate of drug-likeness (QED) is 0.181. The molecule has 2 aliphatic carbocycles. The van der Waals surface area contributed by atoms with Gasteiger partial charge in [0.25, 0.3) is 0 Å². The van der Waals surface area contributed by atoms with E-state index in [1.807, 2.05) is 0 Å². The van der Waals surface area contributed by atoms with E-state index in [-0.39, 0.29) is 24.8 Å². The minimum atomic E-state index is -3.65. The predicted octanol–water partition coefficient (Wildman–Crippen LogP) is 11.4. The Morgan fingerprint density at radius 1 is 0.628 bits per heavy atom. The van der Waals surface area contributed by atoms with E-state index in [2.05, 4.69) is 149 Å². The first-order chi connectivity index (χ1) is 19.4. The molecule has 0 amide bonds. The minimum Gasteiger partial charge on any atom is -0.147 e. The molecule has 2 unspecified atom stereocenters. The van der Waals surface area contributed by atoms with Crippen LogP contribution in [-0.2, 0) is 17.4 Å². The Morgan fingerprint density at radius 3 is 1.95 bits per heavy atom. The molecule has 0 radical (unpaired) electrons. The summed E-state index contributed by atoms with van der Waals surface area (Å²) in [6.07, 6.45) is 5.16. The van der Waals surface area contributed by atoms with Gasteiger partial charge in [-0.2, -0.15) is 0 Å². The van der Waals surface area contributed by atoms with Gasteiger partial charge in [0.2, 0.25) is 0 Å². The zero-order valence-electron chi connectivity index (χ0n) is 26.9. The summed E-state index contributed by atoms with van der Waals surface area (Å²) in [6.45, 7) is 16.6. The van der Waals surface area contributed by atoms with Crippen LogP contribution in [0.15, 0.2) is 90.0 Å². The van der Waals surface area contributed by atoms with Gasteiger partial charge in [0, 0.05) is 0 Å². The number of aryl methyl sites for hydroxylation is 2. The minimum absolute atomic E-state index is 0. The second-order valence-corrected chi connectivity index (χ2v) is 44.6. The van der Waals surface area contributed by atoms with E-state index in [0.29, 0.717) is 13.2 Å². The van der Waals surface area contributed by atoms with Crippen LogP contribution in [0.25, 0.3) is 34.4 Å². The van der Waals surface area contributed by atoms with Crippen LogP contribution < -0.4 is 0 Å². The second kappa shape index (κ2) is 12.1. The maximum atomic E-state index is 2.77. The van der Waals surface area contributed by atoms with Gasteiger partial charge in [-0.05, 0) is 0 Å². The molecule has 4 heteroatoms. The molecule has 0 heterocycles. The first kappa shape index (κ1) is 33.9. The summed E-state index contributed by atoms with van der Waals surface area (Å²) < 4.78 is 6.59. The standard InChI is InChI=1S/C20H21.C17H15.2CH3.2ClH.H2Si.Zr/c1-13(2)17-11-16-8-6-10-19(20(16)12-17)18-9-5-7-14(3)15(18)4;1-12-10-16-13(2)8-9-15(17(16)11-12)14-6-4-3-5-7-14;;;;;;/h5-13H,1-4H3;3-11H,1-2H3;2*1H3;2*1H;1H2;. The Labute approximate surface area is 274 Å². The summed E-state index contributed by atoms with van der Waals surface area (Å²) in [7, 11) is 0. The fourth-order valence-corrected chi connectivity index (χ4v) is 29.0. The Morgan fingerprint density at radius 2 is 1.28 bits per heavy atom. The molecule has 0 aromatic heterocycles. The van der Waals surface area contributed by atoms with E-state index in [0.717, 1.165) is 0 Å². The van der Waals surface area contributed by atoms with Crippen LogP contribution in [0.4, 0.5) is 0 Å². The summed E-state index contributed by atoms with van der Waals surface area (Å²) in [6, 6.07) is 29.7. The van der Waals surface area contributed by atoms with Crippen molar-refractivity contribution in [1.29, 1.82) is 0 Å². The molecule has 4 aromatic rings. The van der Waals surface area contributed by atoms with E-state index < -0.39 is 17.4 Å². The number of halogens is 2. The van der Waals surface area contributed by atoms with Crippen molar-refractivity contribution >= 4 is 43.8 Å². The van der Waals surface area contributed by atoms with Crippen molar-refractivity contribution in [1.82, 2.24) is 0 Å². The molecule has 2 atom stereocenters. The number of hydrogen-bond donors (Lipinski definition) is 0. The summed E-state index contributed by atoms with van der Waals surface area (Å²) in [4.78, 5) is 0. The molecule has 0 bridgehead atoms. The molecule has 0 nitrogen and oxygen atoms in total. The number of hydrogen-bond acceptors (Lipinski definition) is 0. The second-order valence-electron chi connectivity index (χ2n) is 14.2. The van der Waals surface area contributed by atoms with E-state index in [9.17, 15) is 0 Å². The van der Waals surface area contributed by atoms with Crippen molar-refractivity contribution in [3.05, 3.63) is 129 Å². The molecule has 0 spiro atoms. The van der Waals surface area contributed by atoms with E-state index in [4.69, 9.17) is 0 Å². The molecule has 43 heavy (non-hydrogen) atoms. The van der Waals surface area contributed by atoms with Crippen LogP contribution in [0.2, 0.25) is 9.26 Å². The largest absolute Gasteiger partial charge is 0.147 e. The maximum Gasteiger partial charge on any atom is -0.147 e. The van der Waals surface area contributed by atoms with Crippen LogP contribution in [0.1, 0.15) is 67.0 Å². The Hall–Kier alpha value is -1.96. The average Bonchev–Trinajstić information content (AvgIpc) is 3.51. The SMILES string of the molecule is CC1=Cc2c(-c3ccccc3)ccc(C)c2[CH]1[Zr]([CH3])([CH3])(=[SiH2])[CH]1C(C(C)C)=Cc2c(-c3cccc(C)c3C)cccc21.Cl.Cl. The molecule has 2 aliphatic rings. The number of allylic oxidation sites excluding steroid dienone is 2. The molecular weight excluding hydrogens is 659 g/mol. The van der Waals surface area contributed by atoms with E-state index in [1.165, 1.54) is 50.1 Å². The van der Waals surface area contributed by atoms with Crippen molar-refractivity contribution in [2.45, 2.75) is 58.1 Å². The van der Waals surface area contributed by atoms with Crippen molar-refractivity contribution in [2.75, 3.05) is 0 Å². The van der Waals surface area contributed by atoms with Crippen LogP contribution >= 0.6 is 24.8 Å². The fourth-order valence-electron chi connectivity index (χ4n) is 8.34. The topological polar surface area (TPSA) is 0 Å². The molecule has 0 saturated carbocycles. The number of fused-ring (bicyclic) bond motifs is 2. The first-order valence-electron chi connectivity index (χ1n) is 15.2. The van der Waals surface area contributed by atoms with Gasteiger partial charge in [-0.1, -0.05) is 0 Å². The van der Waals surface area contributed by atoms with E-state index in [1.54, 1.807) is 22.3 Å². The summed E-state index contributed by atoms with van der Waals surface area (Å²) >= 11 is -3.65. The fraction of sp³-hybridized carbons (Fsp3) is 0.282. The molecule has 6 rings (SSSR count). The van der Waals surface area contributed by atoms with Gasteiger partial charge < -0.3 is 0 Å². The van der Waals surface area contributed by atoms with Gasteiger partial charge in [-0.25, -0.2) is 0 Å². The van der Waals surface area contributed by atoms with Crippen LogP contribution in [0.5, 0.6) is 0 Å². The third kappa shape index (κ3) is 5.46. The van der Waals surface area contributed by atoms with Gasteiger partial charge in [-0.15, -0.1) is 24.8 Å². The molecule has 4 aromatic carbocycles. The van der Waals surface area contributed by atoms with Crippen LogP contribution in [0, 0.1) is 26.7 Å². The normalized spacial score (nSPS) is 17.4. The molecule has 0 saturated heterocycles. The van der Waals surface area contributed by atoms with Crippen molar-refractivity contribution < 1.29 is 17.4 Å². The molecule has 0 aliphatic heterocycles. The van der Waals surface area contributed by atoms with E-state index >= 15 is 0 Å². The van der Waals surface area contributed by atoms with Crippen molar-refractivity contribution in [3.8, 4) is 22.3 Å². The molecule has 0 fully saturated rings. The third-order valence-corrected chi connectivity index (χ3v) is 27.8. The smallest absolute Gasteiger partial charge is 0.147 e.